The average Bonchev–Trinajstić information content (AvgIpc) is 2.29. The standard InChI is InChI=1S/C13H16F4N2/c1-8(2)7-19-12(6-18)10-4-3-9(14)5-11(10)13(15,16)17/h3-5,12,19H,1,6-7,18H2,2H3. The molecule has 0 fully saturated rings. The van der Waals surface area contributed by atoms with Crippen LogP contribution in [-0.4, -0.2) is 13.1 Å². The van der Waals surface area contributed by atoms with Crippen molar-refractivity contribution in [2.24, 2.45) is 5.73 Å². The monoisotopic (exact) mass is 276 g/mol. The molecular formula is C13H16F4N2. The normalized spacial score (nSPS) is 13.4. The first kappa shape index (κ1) is 15.7. The Morgan fingerprint density at radius 2 is 2.05 bits per heavy atom. The maximum absolute atomic E-state index is 13.0. The third-order valence-corrected chi connectivity index (χ3v) is 2.58. The van der Waals surface area contributed by atoms with Gasteiger partial charge in [-0.05, 0) is 24.6 Å². The molecule has 0 bridgehead atoms. The van der Waals surface area contributed by atoms with E-state index in [1.54, 1.807) is 6.92 Å². The van der Waals surface area contributed by atoms with Crippen molar-refractivity contribution in [3.05, 3.63) is 47.3 Å². The van der Waals surface area contributed by atoms with Gasteiger partial charge in [-0.3, -0.25) is 0 Å². The Morgan fingerprint density at radius 1 is 1.42 bits per heavy atom. The molecule has 3 N–H and O–H groups in total. The van der Waals surface area contributed by atoms with Crippen LogP contribution in [0.3, 0.4) is 0 Å². The van der Waals surface area contributed by atoms with Gasteiger partial charge < -0.3 is 11.1 Å². The molecule has 0 amide bonds. The number of benzene rings is 1. The molecule has 19 heavy (non-hydrogen) atoms. The van der Waals surface area contributed by atoms with Crippen molar-refractivity contribution in [2.75, 3.05) is 13.1 Å². The van der Waals surface area contributed by atoms with Gasteiger partial charge in [-0.15, -0.1) is 0 Å². The maximum atomic E-state index is 13.0. The van der Waals surface area contributed by atoms with Crippen LogP contribution < -0.4 is 11.1 Å². The summed E-state index contributed by atoms with van der Waals surface area (Å²) >= 11 is 0. The van der Waals surface area contributed by atoms with E-state index in [2.05, 4.69) is 11.9 Å². The van der Waals surface area contributed by atoms with E-state index in [9.17, 15) is 17.6 Å². The van der Waals surface area contributed by atoms with Crippen LogP contribution in [-0.2, 0) is 6.18 Å². The van der Waals surface area contributed by atoms with Crippen LogP contribution in [0, 0.1) is 5.82 Å². The molecule has 0 aliphatic carbocycles. The summed E-state index contributed by atoms with van der Waals surface area (Å²) in [5.41, 5.74) is 5.20. The Balaban J connectivity index is 3.12. The highest BCUT2D eigenvalue weighted by Crippen LogP contribution is 2.34. The number of nitrogens with one attached hydrogen (secondary N) is 1. The molecule has 1 aromatic carbocycles. The van der Waals surface area contributed by atoms with E-state index < -0.39 is 23.6 Å². The maximum Gasteiger partial charge on any atom is 0.416 e. The average molecular weight is 276 g/mol. The van der Waals surface area contributed by atoms with Crippen molar-refractivity contribution in [1.82, 2.24) is 5.32 Å². The second-order valence-corrected chi connectivity index (χ2v) is 4.36. The molecule has 0 radical (unpaired) electrons. The predicted octanol–water partition coefficient (Wildman–Crippen LogP) is 3.01. The van der Waals surface area contributed by atoms with Crippen LogP contribution in [0.5, 0.6) is 0 Å². The minimum atomic E-state index is -4.62. The molecule has 1 aromatic rings. The van der Waals surface area contributed by atoms with Crippen LogP contribution >= 0.6 is 0 Å². The van der Waals surface area contributed by atoms with E-state index in [0.717, 1.165) is 17.7 Å². The van der Waals surface area contributed by atoms with Crippen LogP contribution in [0.2, 0.25) is 0 Å². The number of alkyl halides is 3. The second kappa shape index (κ2) is 6.16. The van der Waals surface area contributed by atoms with Gasteiger partial charge in [0, 0.05) is 19.1 Å². The molecule has 0 aliphatic rings. The van der Waals surface area contributed by atoms with Gasteiger partial charge in [0.25, 0.3) is 0 Å². The summed E-state index contributed by atoms with van der Waals surface area (Å²) in [4.78, 5) is 0. The topological polar surface area (TPSA) is 38.0 Å². The number of halogens is 4. The lowest BCUT2D eigenvalue weighted by Gasteiger charge is -2.22. The number of rotatable bonds is 5. The van der Waals surface area contributed by atoms with Crippen LogP contribution in [0.4, 0.5) is 17.6 Å². The molecule has 0 saturated carbocycles. The Morgan fingerprint density at radius 3 is 2.53 bits per heavy atom. The summed E-state index contributed by atoms with van der Waals surface area (Å²) in [5.74, 6) is -0.924. The van der Waals surface area contributed by atoms with Gasteiger partial charge in [0.15, 0.2) is 0 Å². The molecule has 0 heterocycles. The molecule has 1 atom stereocenters. The van der Waals surface area contributed by atoms with E-state index in [1.165, 1.54) is 0 Å². The first-order valence-electron chi connectivity index (χ1n) is 5.70. The fourth-order valence-electron chi connectivity index (χ4n) is 1.70. The fraction of sp³-hybridized carbons (Fsp3) is 0.385. The minimum absolute atomic E-state index is 0.0258. The molecule has 1 rings (SSSR count). The van der Waals surface area contributed by atoms with Crippen molar-refractivity contribution >= 4 is 0 Å². The van der Waals surface area contributed by atoms with Gasteiger partial charge in [0.05, 0.1) is 5.56 Å². The van der Waals surface area contributed by atoms with Gasteiger partial charge in [0.2, 0.25) is 0 Å². The largest absolute Gasteiger partial charge is 0.416 e. The molecule has 2 nitrogen and oxygen atoms in total. The van der Waals surface area contributed by atoms with E-state index in [1.807, 2.05) is 0 Å². The summed E-state index contributed by atoms with van der Waals surface area (Å²) < 4.78 is 51.6. The first-order valence-corrected chi connectivity index (χ1v) is 5.70. The molecule has 6 heteroatoms. The van der Waals surface area contributed by atoms with Crippen molar-refractivity contribution in [2.45, 2.75) is 19.1 Å². The zero-order valence-corrected chi connectivity index (χ0v) is 10.5. The van der Waals surface area contributed by atoms with Gasteiger partial charge in [-0.2, -0.15) is 13.2 Å². The first-order chi connectivity index (χ1) is 8.75. The SMILES string of the molecule is C=C(C)CNC(CN)c1ccc(F)cc1C(F)(F)F. The molecule has 0 aromatic heterocycles. The van der Waals surface area contributed by atoms with Gasteiger partial charge >= 0.3 is 6.18 Å². The summed E-state index contributed by atoms with van der Waals surface area (Å²) in [7, 11) is 0. The highest BCUT2D eigenvalue weighted by atomic mass is 19.4. The summed E-state index contributed by atoms with van der Waals surface area (Å²) in [6, 6.07) is 1.89. The van der Waals surface area contributed by atoms with Gasteiger partial charge in [-0.1, -0.05) is 18.2 Å². The minimum Gasteiger partial charge on any atom is -0.329 e. The van der Waals surface area contributed by atoms with Crippen molar-refractivity contribution < 1.29 is 17.6 Å². The highest BCUT2D eigenvalue weighted by Gasteiger charge is 2.35. The number of hydrogen-bond donors (Lipinski definition) is 2. The molecule has 106 valence electrons. The second-order valence-electron chi connectivity index (χ2n) is 4.36. The lowest BCUT2D eigenvalue weighted by Crippen LogP contribution is -2.31. The quantitative estimate of drug-likeness (QED) is 0.641. The van der Waals surface area contributed by atoms with Crippen LogP contribution in [0.25, 0.3) is 0 Å². The van der Waals surface area contributed by atoms with Crippen molar-refractivity contribution in [1.29, 1.82) is 0 Å². The van der Waals surface area contributed by atoms with Crippen LogP contribution in [0.1, 0.15) is 24.1 Å². The fourth-order valence-corrected chi connectivity index (χ4v) is 1.70. The zero-order valence-electron chi connectivity index (χ0n) is 10.5. The van der Waals surface area contributed by atoms with E-state index >= 15 is 0 Å². The lowest BCUT2D eigenvalue weighted by atomic mass is 9.99. The third kappa shape index (κ3) is 4.33. The van der Waals surface area contributed by atoms with E-state index in [4.69, 9.17) is 5.73 Å². The van der Waals surface area contributed by atoms with Gasteiger partial charge in [0.1, 0.15) is 5.82 Å². The number of nitrogens with two attached hydrogens (primary N) is 1. The van der Waals surface area contributed by atoms with E-state index in [-0.39, 0.29) is 12.1 Å². The smallest absolute Gasteiger partial charge is 0.329 e. The third-order valence-electron chi connectivity index (χ3n) is 2.58. The van der Waals surface area contributed by atoms with Crippen molar-refractivity contribution in [3.8, 4) is 0 Å². The Bertz CT molecular complexity index is 454. The number of hydrogen-bond acceptors (Lipinski definition) is 2. The molecule has 0 saturated heterocycles. The summed E-state index contributed by atoms with van der Waals surface area (Å²) in [6.07, 6.45) is -4.62. The molecule has 0 aliphatic heterocycles. The summed E-state index contributed by atoms with van der Waals surface area (Å²) in [5, 5.41) is 2.87. The summed E-state index contributed by atoms with van der Waals surface area (Å²) in [6.45, 7) is 5.72. The Kier molecular flexibility index (Phi) is 5.08. The molecular weight excluding hydrogens is 260 g/mol. The van der Waals surface area contributed by atoms with E-state index in [0.29, 0.717) is 12.6 Å². The molecule has 1 unspecified atom stereocenters. The Labute approximate surface area is 109 Å². The predicted molar refractivity (Wildman–Crippen MR) is 66.0 cm³/mol. The van der Waals surface area contributed by atoms with Gasteiger partial charge in [-0.25, -0.2) is 4.39 Å². The lowest BCUT2D eigenvalue weighted by molar-refractivity contribution is -0.138. The highest BCUT2D eigenvalue weighted by molar-refractivity contribution is 5.33. The Hall–Kier alpha value is -1.40. The van der Waals surface area contributed by atoms with Crippen molar-refractivity contribution in [3.63, 3.8) is 0 Å². The van der Waals surface area contributed by atoms with Crippen LogP contribution in [0.15, 0.2) is 30.4 Å². The molecule has 0 spiro atoms. The zero-order chi connectivity index (χ0) is 14.6.